The summed E-state index contributed by atoms with van der Waals surface area (Å²) in [6.07, 6.45) is 3.34. The molecule has 0 heterocycles. The first-order valence-electron chi connectivity index (χ1n) is 5.00. The first kappa shape index (κ1) is 9.38. The van der Waals surface area contributed by atoms with Crippen LogP contribution in [0.3, 0.4) is 0 Å². The van der Waals surface area contributed by atoms with Crippen molar-refractivity contribution in [3.63, 3.8) is 0 Å². The van der Waals surface area contributed by atoms with E-state index in [1.165, 1.54) is 12.1 Å². The number of rotatable bonds is 2. The van der Waals surface area contributed by atoms with Crippen molar-refractivity contribution in [1.29, 1.82) is 0 Å². The molecule has 0 bridgehead atoms. The molecular formula is C12H13FO. The van der Waals surface area contributed by atoms with Gasteiger partial charge in [-0.1, -0.05) is 12.1 Å². The Morgan fingerprint density at radius 1 is 1.29 bits per heavy atom. The van der Waals surface area contributed by atoms with Crippen molar-refractivity contribution in [2.45, 2.75) is 25.7 Å². The summed E-state index contributed by atoms with van der Waals surface area (Å²) in [6, 6.07) is 6.56. The van der Waals surface area contributed by atoms with Crippen molar-refractivity contribution in [3.05, 3.63) is 35.6 Å². The summed E-state index contributed by atoms with van der Waals surface area (Å²) in [4.78, 5) is 11.0. The van der Waals surface area contributed by atoms with Gasteiger partial charge in [0.25, 0.3) is 0 Å². The fourth-order valence-electron chi connectivity index (χ4n) is 2.02. The van der Waals surface area contributed by atoms with Crippen molar-refractivity contribution < 1.29 is 9.18 Å². The fourth-order valence-corrected chi connectivity index (χ4v) is 2.02. The van der Waals surface area contributed by atoms with E-state index in [4.69, 9.17) is 0 Å². The van der Waals surface area contributed by atoms with Crippen molar-refractivity contribution in [1.82, 2.24) is 0 Å². The maximum Gasteiger partial charge on any atom is 0.133 e. The summed E-state index contributed by atoms with van der Waals surface area (Å²) < 4.78 is 12.6. The van der Waals surface area contributed by atoms with Crippen LogP contribution in [0.4, 0.5) is 4.39 Å². The van der Waals surface area contributed by atoms with Crippen LogP contribution in [-0.4, -0.2) is 5.78 Å². The molecule has 1 saturated carbocycles. The summed E-state index contributed by atoms with van der Waals surface area (Å²) in [5.41, 5.74) is 1.13. The topological polar surface area (TPSA) is 17.1 Å². The van der Waals surface area contributed by atoms with Crippen molar-refractivity contribution in [2.75, 3.05) is 0 Å². The monoisotopic (exact) mass is 192 g/mol. The van der Waals surface area contributed by atoms with E-state index in [-0.39, 0.29) is 5.82 Å². The number of hydrogen-bond donors (Lipinski definition) is 0. The molecule has 1 atom stereocenters. The third-order valence-corrected chi connectivity index (χ3v) is 2.79. The Hall–Kier alpha value is -1.18. The van der Waals surface area contributed by atoms with Gasteiger partial charge in [0.2, 0.25) is 0 Å². The standard InChI is InChI=1S/C12H13FO/c13-11-4-1-9(2-5-11)7-10-3-6-12(14)8-10/h1-2,4-5,10H,3,6-8H2. The Labute approximate surface area is 82.9 Å². The quantitative estimate of drug-likeness (QED) is 0.704. The van der Waals surface area contributed by atoms with Crippen LogP contribution in [0, 0.1) is 11.7 Å². The number of Topliss-reactive ketones (excluding diaryl/α,β-unsaturated/α-hetero) is 1. The zero-order chi connectivity index (χ0) is 9.97. The lowest BCUT2D eigenvalue weighted by Crippen LogP contribution is -2.00. The largest absolute Gasteiger partial charge is 0.300 e. The minimum Gasteiger partial charge on any atom is -0.300 e. The maximum absolute atomic E-state index is 12.6. The molecule has 0 aromatic heterocycles. The molecule has 2 heteroatoms. The fraction of sp³-hybridized carbons (Fsp3) is 0.417. The van der Waals surface area contributed by atoms with E-state index in [1.54, 1.807) is 12.1 Å². The Morgan fingerprint density at radius 3 is 2.57 bits per heavy atom. The molecule has 1 fully saturated rings. The number of carbonyl (C=O) groups excluding carboxylic acids is 1. The number of carbonyl (C=O) groups is 1. The molecule has 2 rings (SSSR count). The van der Waals surface area contributed by atoms with E-state index in [9.17, 15) is 9.18 Å². The van der Waals surface area contributed by atoms with Crippen LogP contribution in [0.15, 0.2) is 24.3 Å². The molecule has 0 radical (unpaired) electrons. The van der Waals surface area contributed by atoms with Crippen LogP contribution in [0.2, 0.25) is 0 Å². The molecular weight excluding hydrogens is 179 g/mol. The van der Waals surface area contributed by atoms with E-state index in [0.717, 1.165) is 24.8 Å². The molecule has 0 spiro atoms. The van der Waals surface area contributed by atoms with E-state index < -0.39 is 0 Å². The average Bonchev–Trinajstić information content (AvgIpc) is 2.56. The predicted octanol–water partition coefficient (Wildman–Crippen LogP) is 2.74. The van der Waals surface area contributed by atoms with Gasteiger partial charge in [-0.15, -0.1) is 0 Å². The Bertz CT molecular complexity index is 329. The normalized spacial score (nSPS) is 21.5. The number of ketones is 1. The summed E-state index contributed by atoms with van der Waals surface area (Å²) in [7, 11) is 0. The van der Waals surface area contributed by atoms with Crippen molar-refractivity contribution in [3.8, 4) is 0 Å². The van der Waals surface area contributed by atoms with Crippen LogP contribution < -0.4 is 0 Å². The second kappa shape index (κ2) is 3.91. The summed E-state index contributed by atoms with van der Waals surface area (Å²) in [6.45, 7) is 0. The summed E-state index contributed by atoms with van der Waals surface area (Å²) in [5, 5.41) is 0. The van der Waals surface area contributed by atoms with Gasteiger partial charge < -0.3 is 0 Å². The molecule has 74 valence electrons. The van der Waals surface area contributed by atoms with Gasteiger partial charge in [-0.25, -0.2) is 4.39 Å². The van der Waals surface area contributed by atoms with E-state index in [1.807, 2.05) is 0 Å². The van der Waals surface area contributed by atoms with Crippen LogP contribution >= 0.6 is 0 Å². The molecule has 1 aromatic carbocycles. The number of hydrogen-bond acceptors (Lipinski definition) is 1. The molecule has 1 unspecified atom stereocenters. The minimum absolute atomic E-state index is 0.198. The smallest absolute Gasteiger partial charge is 0.133 e. The number of benzene rings is 1. The molecule has 14 heavy (non-hydrogen) atoms. The molecule has 1 aliphatic rings. The zero-order valence-electron chi connectivity index (χ0n) is 8.00. The molecule has 0 saturated heterocycles. The Balaban J connectivity index is 1.97. The van der Waals surface area contributed by atoms with E-state index in [2.05, 4.69) is 0 Å². The first-order chi connectivity index (χ1) is 6.74. The van der Waals surface area contributed by atoms with Crippen molar-refractivity contribution >= 4 is 5.78 Å². The zero-order valence-corrected chi connectivity index (χ0v) is 8.00. The van der Waals surface area contributed by atoms with E-state index >= 15 is 0 Å². The van der Waals surface area contributed by atoms with Gasteiger partial charge in [0, 0.05) is 12.8 Å². The predicted molar refractivity (Wildman–Crippen MR) is 52.5 cm³/mol. The van der Waals surface area contributed by atoms with Gasteiger partial charge in [-0.3, -0.25) is 4.79 Å². The van der Waals surface area contributed by atoms with Gasteiger partial charge in [0.05, 0.1) is 0 Å². The molecule has 0 aliphatic heterocycles. The third kappa shape index (κ3) is 2.19. The van der Waals surface area contributed by atoms with Gasteiger partial charge in [0.15, 0.2) is 0 Å². The highest BCUT2D eigenvalue weighted by atomic mass is 19.1. The minimum atomic E-state index is -0.198. The lowest BCUT2D eigenvalue weighted by molar-refractivity contribution is -0.117. The van der Waals surface area contributed by atoms with Gasteiger partial charge >= 0.3 is 0 Å². The van der Waals surface area contributed by atoms with Crippen LogP contribution in [0.1, 0.15) is 24.8 Å². The lowest BCUT2D eigenvalue weighted by Gasteiger charge is -2.07. The number of halogens is 1. The first-order valence-corrected chi connectivity index (χ1v) is 5.00. The molecule has 0 N–H and O–H groups in total. The van der Waals surface area contributed by atoms with Gasteiger partial charge in [-0.05, 0) is 36.5 Å². The SMILES string of the molecule is O=C1CCC(Cc2ccc(F)cc2)C1. The van der Waals surface area contributed by atoms with Crippen LogP contribution in [-0.2, 0) is 11.2 Å². The third-order valence-electron chi connectivity index (χ3n) is 2.79. The Morgan fingerprint density at radius 2 is 2.00 bits per heavy atom. The average molecular weight is 192 g/mol. The van der Waals surface area contributed by atoms with Gasteiger partial charge in [-0.2, -0.15) is 0 Å². The van der Waals surface area contributed by atoms with Gasteiger partial charge in [0.1, 0.15) is 11.6 Å². The summed E-state index contributed by atoms with van der Waals surface area (Å²) >= 11 is 0. The lowest BCUT2D eigenvalue weighted by atomic mass is 9.98. The molecule has 1 nitrogen and oxygen atoms in total. The second-order valence-corrected chi connectivity index (χ2v) is 3.98. The molecule has 1 aromatic rings. The van der Waals surface area contributed by atoms with Crippen LogP contribution in [0.25, 0.3) is 0 Å². The molecule has 0 amide bonds. The van der Waals surface area contributed by atoms with E-state index in [0.29, 0.717) is 18.1 Å². The maximum atomic E-state index is 12.6. The summed E-state index contributed by atoms with van der Waals surface area (Å²) in [5.74, 6) is 0.654. The highest BCUT2D eigenvalue weighted by Gasteiger charge is 2.21. The van der Waals surface area contributed by atoms with Crippen molar-refractivity contribution in [2.24, 2.45) is 5.92 Å². The highest BCUT2D eigenvalue weighted by molar-refractivity contribution is 5.80. The molecule has 1 aliphatic carbocycles. The highest BCUT2D eigenvalue weighted by Crippen LogP contribution is 2.25. The van der Waals surface area contributed by atoms with Crippen LogP contribution in [0.5, 0.6) is 0 Å². The second-order valence-electron chi connectivity index (χ2n) is 3.98. The Kier molecular flexibility index (Phi) is 2.62.